The van der Waals surface area contributed by atoms with Crippen LogP contribution in [0.15, 0.2) is 47.3 Å². The maximum absolute atomic E-state index is 13.0. The maximum Gasteiger partial charge on any atom is 0.277 e. The van der Waals surface area contributed by atoms with E-state index in [2.05, 4.69) is 31.3 Å². The van der Waals surface area contributed by atoms with Crippen LogP contribution in [0.25, 0.3) is 22.4 Å². The van der Waals surface area contributed by atoms with Gasteiger partial charge in [-0.2, -0.15) is 5.10 Å². The number of fused-ring (bicyclic) bond motifs is 1. The minimum Gasteiger partial charge on any atom is -0.444 e. The average Bonchev–Trinajstić information content (AvgIpc) is 3.40. The van der Waals surface area contributed by atoms with Crippen LogP contribution in [0, 0.1) is 6.92 Å². The number of amides is 1. The highest BCUT2D eigenvalue weighted by atomic mass is 35.5. The number of rotatable bonds is 4. The normalized spacial score (nSPS) is 13.8. The van der Waals surface area contributed by atoms with Gasteiger partial charge in [-0.15, -0.1) is 12.4 Å². The van der Waals surface area contributed by atoms with Crippen LogP contribution in [0.1, 0.15) is 35.4 Å². The number of benzene rings is 1. The first-order valence-corrected chi connectivity index (χ1v) is 10.5. The molecule has 0 radical (unpaired) electrons. The van der Waals surface area contributed by atoms with E-state index in [1.165, 1.54) is 12.7 Å². The number of nitrogens with one attached hydrogen (secondary N) is 1. The molecule has 1 aliphatic heterocycles. The second-order valence-corrected chi connectivity index (χ2v) is 7.96. The summed E-state index contributed by atoms with van der Waals surface area (Å²) in [6.07, 6.45) is 8.62. The summed E-state index contributed by atoms with van der Waals surface area (Å²) in [6, 6.07) is 7.72. The number of piperidine rings is 1. The number of hydrogen-bond acceptors (Lipinski definition) is 6. The second-order valence-electron chi connectivity index (χ2n) is 7.96. The van der Waals surface area contributed by atoms with Gasteiger partial charge in [0.05, 0.1) is 16.9 Å². The second kappa shape index (κ2) is 9.00. The van der Waals surface area contributed by atoms with Crippen LogP contribution < -0.4 is 10.2 Å². The molecule has 4 aromatic rings. The highest BCUT2D eigenvalue weighted by Crippen LogP contribution is 2.33. The highest BCUT2D eigenvalue weighted by molar-refractivity contribution is 6.06. The molecule has 0 spiro atoms. The molecule has 32 heavy (non-hydrogen) atoms. The zero-order valence-corrected chi connectivity index (χ0v) is 18.9. The molecule has 166 valence electrons. The van der Waals surface area contributed by atoms with Gasteiger partial charge in [0.15, 0.2) is 5.69 Å². The Hall–Kier alpha value is -3.39. The molecule has 9 heteroatoms. The van der Waals surface area contributed by atoms with Crippen LogP contribution in [0.2, 0.25) is 0 Å². The third-order valence-electron chi connectivity index (χ3n) is 5.56. The van der Waals surface area contributed by atoms with Gasteiger partial charge in [-0.1, -0.05) is 0 Å². The number of aryl methyl sites for hydroxylation is 2. The van der Waals surface area contributed by atoms with Gasteiger partial charge < -0.3 is 14.6 Å². The van der Waals surface area contributed by atoms with Crippen molar-refractivity contribution >= 4 is 40.6 Å². The third kappa shape index (κ3) is 4.31. The van der Waals surface area contributed by atoms with E-state index in [9.17, 15) is 4.79 Å². The maximum atomic E-state index is 13.0. The number of oxazole rings is 1. The molecule has 4 heterocycles. The van der Waals surface area contributed by atoms with Gasteiger partial charge in [0.25, 0.3) is 5.91 Å². The molecule has 8 nitrogen and oxygen atoms in total. The Balaban J connectivity index is 0.00000245. The number of pyridine rings is 1. The third-order valence-corrected chi connectivity index (χ3v) is 5.56. The molecule has 0 aliphatic carbocycles. The van der Waals surface area contributed by atoms with Crippen molar-refractivity contribution in [3.63, 3.8) is 0 Å². The minimum absolute atomic E-state index is 0. The highest BCUT2D eigenvalue weighted by Gasteiger charge is 2.20. The fourth-order valence-corrected chi connectivity index (χ4v) is 4.06. The van der Waals surface area contributed by atoms with Crippen LogP contribution >= 0.6 is 12.4 Å². The van der Waals surface area contributed by atoms with Gasteiger partial charge in [-0.25, -0.2) is 4.98 Å². The summed E-state index contributed by atoms with van der Waals surface area (Å²) in [5, 5.41) is 8.59. The van der Waals surface area contributed by atoms with Crippen LogP contribution in [0.4, 0.5) is 11.4 Å². The lowest BCUT2D eigenvalue weighted by Gasteiger charge is -2.30. The number of anilines is 2. The van der Waals surface area contributed by atoms with Crippen molar-refractivity contribution in [2.45, 2.75) is 26.2 Å². The van der Waals surface area contributed by atoms with Crippen LogP contribution in [0.5, 0.6) is 0 Å². The molecular weight excluding hydrogens is 428 g/mol. The Labute approximate surface area is 192 Å². The topological polar surface area (TPSA) is 89.1 Å². The first-order chi connectivity index (χ1) is 15.1. The number of aromatic nitrogens is 4. The van der Waals surface area contributed by atoms with Crippen LogP contribution in [-0.4, -0.2) is 38.7 Å². The predicted octanol–water partition coefficient (Wildman–Crippen LogP) is 4.60. The Kier molecular flexibility index (Phi) is 6.14. The van der Waals surface area contributed by atoms with Crippen LogP contribution in [-0.2, 0) is 7.05 Å². The van der Waals surface area contributed by atoms with E-state index in [1.807, 2.05) is 38.4 Å². The van der Waals surface area contributed by atoms with Gasteiger partial charge in [0.2, 0.25) is 5.89 Å². The van der Waals surface area contributed by atoms with Crippen molar-refractivity contribution in [1.29, 1.82) is 0 Å². The summed E-state index contributed by atoms with van der Waals surface area (Å²) in [5.41, 5.74) is 4.47. The Morgan fingerprint density at radius 3 is 2.75 bits per heavy atom. The SMILES string of the molecule is Cc1cc(-c2nc(C(=O)Nc3cc4nn(C)cc4cc3N3CCCCC3)co2)ccn1.Cl. The fourth-order valence-electron chi connectivity index (χ4n) is 4.06. The van der Waals surface area contributed by atoms with E-state index >= 15 is 0 Å². The summed E-state index contributed by atoms with van der Waals surface area (Å²) < 4.78 is 7.35. The molecule has 0 unspecified atom stereocenters. The van der Waals surface area contributed by atoms with E-state index in [-0.39, 0.29) is 24.0 Å². The average molecular weight is 453 g/mol. The van der Waals surface area contributed by atoms with Crippen molar-refractivity contribution in [3.05, 3.63) is 54.3 Å². The Morgan fingerprint density at radius 2 is 1.97 bits per heavy atom. The van der Waals surface area contributed by atoms with Gasteiger partial charge in [-0.3, -0.25) is 14.5 Å². The summed E-state index contributed by atoms with van der Waals surface area (Å²) in [4.78, 5) is 23.9. The van der Waals surface area contributed by atoms with E-state index in [0.717, 1.165) is 59.5 Å². The van der Waals surface area contributed by atoms with Gasteiger partial charge in [0.1, 0.15) is 6.26 Å². The van der Waals surface area contributed by atoms with Gasteiger partial charge in [0, 0.05) is 49.2 Å². The van der Waals surface area contributed by atoms with E-state index < -0.39 is 0 Å². The monoisotopic (exact) mass is 452 g/mol. The van der Waals surface area contributed by atoms with Crippen molar-refractivity contribution in [3.8, 4) is 11.5 Å². The summed E-state index contributed by atoms with van der Waals surface area (Å²) in [6.45, 7) is 3.85. The lowest BCUT2D eigenvalue weighted by molar-refractivity contribution is 0.102. The summed E-state index contributed by atoms with van der Waals surface area (Å²) in [5.74, 6) is 0.0846. The number of carbonyl (C=O) groups excluding carboxylic acids is 1. The van der Waals surface area contributed by atoms with Crippen molar-refractivity contribution < 1.29 is 9.21 Å². The van der Waals surface area contributed by atoms with Gasteiger partial charge in [-0.05, 0) is 50.5 Å². The fraction of sp³-hybridized carbons (Fsp3) is 0.304. The standard InChI is InChI=1S/C23H24N6O2.ClH/c1-15-10-16(6-7-24-15)23-26-20(14-31-23)22(30)25-19-12-18-17(13-28(2)27-18)11-21(19)29-8-4-3-5-9-29;/h6-7,10-14H,3-5,8-9H2,1-2H3,(H,25,30);1H. The molecule has 1 aliphatic rings. The number of halogens is 1. The number of hydrogen-bond donors (Lipinski definition) is 1. The molecule has 5 rings (SSSR count). The Bertz CT molecular complexity index is 1260. The number of nitrogens with zero attached hydrogens (tertiary/aromatic N) is 5. The molecule has 1 aromatic carbocycles. The summed E-state index contributed by atoms with van der Waals surface area (Å²) in [7, 11) is 1.90. The van der Waals surface area contributed by atoms with Crippen molar-refractivity contribution in [2.75, 3.05) is 23.3 Å². The number of carbonyl (C=O) groups is 1. The van der Waals surface area contributed by atoms with Crippen molar-refractivity contribution in [1.82, 2.24) is 19.7 Å². The lowest BCUT2D eigenvalue weighted by atomic mass is 10.1. The molecule has 1 saturated heterocycles. The zero-order chi connectivity index (χ0) is 21.4. The first kappa shape index (κ1) is 21.8. The minimum atomic E-state index is -0.311. The smallest absolute Gasteiger partial charge is 0.277 e. The molecule has 3 aromatic heterocycles. The Morgan fingerprint density at radius 1 is 1.16 bits per heavy atom. The van der Waals surface area contributed by atoms with E-state index in [0.29, 0.717) is 5.89 Å². The van der Waals surface area contributed by atoms with E-state index in [4.69, 9.17) is 4.42 Å². The molecular formula is C23H25ClN6O2. The zero-order valence-electron chi connectivity index (χ0n) is 18.0. The predicted molar refractivity (Wildman–Crippen MR) is 126 cm³/mol. The molecule has 0 atom stereocenters. The molecule has 0 bridgehead atoms. The largest absolute Gasteiger partial charge is 0.444 e. The molecule has 1 amide bonds. The lowest BCUT2D eigenvalue weighted by Crippen LogP contribution is -2.30. The van der Waals surface area contributed by atoms with Crippen molar-refractivity contribution in [2.24, 2.45) is 7.05 Å². The van der Waals surface area contributed by atoms with Crippen LogP contribution in [0.3, 0.4) is 0 Å². The van der Waals surface area contributed by atoms with E-state index in [1.54, 1.807) is 10.9 Å². The molecule has 0 saturated carbocycles. The van der Waals surface area contributed by atoms with Gasteiger partial charge >= 0.3 is 0 Å². The first-order valence-electron chi connectivity index (χ1n) is 10.5. The molecule has 1 N–H and O–H groups in total. The quantitative estimate of drug-likeness (QED) is 0.487. The molecule has 1 fully saturated rings. The summed E-state index contributed by atoms with van der Waals surface area (Å²) >= 11 is 0.